The van der Waals surface area contributed by atoms with Crippen molar-refractivity contribution in [1.29, 1.82) is 0 Å². The third-order valence-electron chi connectivity index (χ3n) is 5.12. The zero-order valence-electron chi connectivity index (χ0n) is 15.7. The monoisotopic (exact) mass is 403 g/mol. The van der Waals surface area contributed by atoms with Gasteiger partial charge in [-0.15, -0.1) is 12.4 Å². The summed E-state index contributed by atoms with van der Waals surface area (Å²) in [7, 11) is 0. The van der Waals surface area contributed by atoms with Crippen molar-refractivity contribution in [3.8, 4) is 0 Å². The quantitative estimate of drug-likeness (QED) is 0.653. The van der Waals surface area contributed by atoms with Gasteiger partial charge in [-0.25, -0.2) is 8.78 Å². The Kier molecular flexibility index (Phi) is 8.62. The van der Waals surface area contributed by atoms with Crippen molar-refractivity contribution in [2.45, 2.75) is 51.0 Å². The summed E-state index contributed by atoms with van der Waals surface area (Å²) in [6.45, 7) is 3.55. The summed E-state index contributed by atoms with van der Waals surface area (Å²) < 4.78 is 28.5. The molecule has 1 aliphatic rings. The molecular formula is C19H28ClF2N3O2. The van der Waals surface area contributed by atoms with Crippen molar-refractivity contribution < 1.29 is 18.4 Å². The van der Waals surface area contributed by atoms with Crippen LogP contribution in [0, 0.1) is 17.6 Å². The van der Waals surface area contributed by atoms with E-state index in [4.69, 9.17) is 5.73 Å². The predicted octanol–water partition coefficient (Wildman–Crippen LogP) is 2.41. The first-order valence-corrected chi connectivity index (χ1v) is 9.01. The number of halogens is 3. The maximum Gasteiger partial charge on any atom is 0.239 e. The lowest BCUT2D eigenvalue weighted by atomic mass is 9.78. The number of rotatable bonds is 7. The van der Waals surface area contributed by atoms with Gasteiger partial charge in [-0.3, -0.25) is 9.59 Å². The molecule has 27 heavy (non-hydrogen) atoms. The standard InChI is InChI=1S/C19H27F2N3O2.ClH/c1-12(2)17(22)18(26)23-10-15(25)24-11-19(8-3-4-9-19)16-13(20)6-5-7-14(16)21;/h5-7,12,17H,3-4,8-11,22H2,1-2H3,(H,23,26)(H,24,25);1H/t17-;/m0./s1. The van der Waals surface area contributed by atoms with Gasteiger partial charge < -0.3 is 16.4 Å². The fourth-order valence-corrected chi connectivity index (χ4v) is 3.49. The lowest BCUT2D eigenvalue weighted by Crippen LogP contribution is -2.48. The van der Waals surface area contributed by atoms with Crippen LogP contribution in [-0.2, 0) is 15.0 Å². The summed E-state index contributed by atoms with van der Waals surface area (Å²) in [5.41, 5.74) is 5.02. The predicted molar refractivity (Wildman–Crippen MR) is 103 cm³/mol. The molecule has 1 fully saturated rings. The smallest absolute Gasteiger partial charge is 0.239 e. The Morgan fingerprint density at radius 2 is 1.70 bits per heavy atom. The molecule has 0 unspecified atom stereocenters. The molecule has 4 N–H and O–H groups in total. The van der Waals surface area contributed by atoms with Crippen LogP contribution in [0.1, 0.15) is 45.1 Å². The number of carbonyl (C=O) groups excluding carboxylic acids is 2. The molecule has 5 nitrogen and oxygen atoms in total. The van der Waals surface area contributed by atoms with Gasteiger partial charge in [-0.1, -0.05) is 32.8 Å². The van der Waals surface area contributed by atoms with E-state index in [1.165, 1.54) is 18.2 Å². The van der Waals surface area contributed by atoms with Gasteiger partial charge in [0, 0.05) is 17.5 Å². The van der Waals surface area contributed by atoms with E-state index in [1.54, 1.807) is 0 Å². The van der Waals surface area contributed by atoms with Crippen LogP contribution in [0.3, 0.4) is 0 Å². The molecular weight excluding hydrogens is 376 g/mol. The minimum absolute atomic E-state index is 0. The van der Waals surface area contributed by atoms with Crippen LogP contribution in [0.25, 0.3) is 0 Å². The topological polar surface area (TPSA) is 84.2 Å². The maximum atomic E-state index is 14.3. The van der Waals surface area contributed by atoms with E-state index < -0.39 is 34.9 Å². The lowest BCUT2D eigenvalue weighted by molar-refractivity contribution is -0.127. The van der Waals surface area contributed by atoms with Crippen LogP contribution >= 0.6 is 12.4 Å². The van der Waals surface area contributed by atoms with Gasteiger partial charge in [0.25, 0.3) is 0 Å². The fourth-order valence-electron chi connectivity index (χ4n) is 3.49. The molecule has 8 heteroatoms. The Balaban J connectivity index is 0.00000364. The summed E-state index contributed by atoms with van der Waals surface area (Å²) in [5.74, 6) is -2.01. The first kappa shape index (κ1) is 23.3. The van der Waals surface area contributed by atoms with Crippen LogP contribution in [0.2, 0.25) is 0 Å². The van der Waals surface area contributed by atoms with E-state index in [9.17, 15) is 18.4 Å². The molecule has 0 spiro atoms. The Morgan fingerprint density at radius 1 is 1.15 bits per heavy atom. The third-order valence-corrected chi connectivity index (χ3v) is 5.12. The number of carbonyl (C=O) groups is 2. The number of hydrogen-bond acceptors (Lipinski definition) is 3. The van der Waals surface area contributed by atoms with E-state index in [-0.39, 0.29) is 37.0 Å². The first-order chi connectivity index (χ1) is 12.3. The van der Waals surface area contributed by atoms with Crippen molar-refractivity contribution in [1.82, 2.24) is 10.6 Å². The minimum atomic E-state index is -0.747. The minimum Gasteiger partial charge on any atom is -0.354 e. The van der Waals surface area contributed by atoms with Crippen molar-refractivity contribution in [2.24, 2.45) is 11.7 Å². The van der Waals surface area contributed by atoms with E-state index in [2.05, 4.69) is 10.6 Å². The van der Waals surface area contributed by atoms with Crippen molar-refractivity contribution in [3.05, 3.63) is 35.4 Å². The van der Waals surface area contributed by atoms with Crippen LogP contribution in [0.15, 0.2) is 18.2 Å². The van der Waals surface area contributed by atoms with Gasteiger partial charge in [-0.2, -0.15) is 0 Å². The highest BCUT2D eigenvalue weighted by atomic mass is 35.5. The Labute approximate surface area is 164 Å². The zero-order valence-corrected chi connectivity index (χ0v) is 16.5. The molecule has 1 aliphatic carbocycles. The number of hydrogen-bond donors (Lipinski definition) is 3. The van der Waals surface area contributed by atoms with Crippen molar-refractivity contribution in [3.63, 3.8) is 0 Å². The van der Waals surface area contributed by atoms with Crippen molar-refractivity contribution in [2.75, 3.05) is 13.1 Å². The Hall–Kier alpha value is -1.73. The molecule has 1 aromatic carbocycles. The van der Waals surface area contributed by atoms with Gasteiger partial charge in [0.05, 0.1) is 12.6 Å². The van der Waals surface area contributed by atoms with Gasteiger partial charge in [0.2, 0.25) is 11.8 Å². The molecule has 152 valence electrons. The van der Waals surface area contributed by atoms with Crippen LogP contribution in [-0.4, -0.2) is 30.9 Å². The third kappa shape index (κ3) is 5.62. The van der Waals surface area contributed by atoms with Crippen LogP contribution in [0.5, 0.6) is 0 Å². The highest BCUT2D eigenvalue weighted by Gasteiger charge is 2.40. The zero-order chi connectivity index (χ0) is 19.3. The summed E-state index contributed by atoms with van der Waals surface area (Å²) in [6.07, 6.45) is 2.92. The second-order valence-electron chi connectivity index (χ2n) is 7.35. The van der Waals surface area contributed by atoms with Crippen LogP contribution < -0.4 is 16.4 Å². The average Bonchev–Trinajstić information content (AvgIpc) is 3.06. The number of benzene rings is 1. The Morgan fingerprint density at radius 3 is 2.22 bits per heavy atom. The molecule has 0 radical (unpaired) electrons. The summed E-state index contributed by atoms with van der Waals surface area (Å²) in [6, 6.07) is 3.14. The summed E-state index contributed by atoms with van der Waals surface area (Å²) >= 11 is 0. The SMILES string of the molecule is CC(C)[C@H](N)C(=O)NCC(=O)NCC1(c2c(F)cccc2F)CCCC1.Cl. The second kappa shape index (κ2) is 9.99. The molecule has 2 rings (SSSR count). The van der Waals surface area contributed by atoms with Gasteiger partial charge in [0.1, 0.15) is 11.6 Å². The molecule has 1 saturated carbocycles. The van der Waals surface area contributed by atoms with Gasteiger partial charge in [0.15, 0.2) is 0 Å². The average molecular weight is 404 g/mol. The van der Waals surface area contributed by atoms with Crippen LogP contribution in [0.4, 0.5) is 8.78 Å². The molecule has 1 atom stereocenters. The van der Waals surface area contributed by atoms with E-state index in [1.807, 2.05) is 13.8 Å². The molecule has 1 aromatic rings. The molecule has 0 bridgehead atoms. The summed E-state index contributed by atoms with van der Waals surface area (Å²) in [4.78, 5) is 23.9. The highest BCUT2D eigenvalue weighted by molar-refractivity contribution is 5.87. The maximum absolute atomic E-state index is 14.3. The van der Waals surface area contributed by atoms with E-state index >= 15 is 0 Å². The van der Waals surface area contributed by atoms with Gasteiger partial charge >= 0.3 is 0 Å². The second-order valence-corrected chi connectivity index (χ2v) is 7.35. The first-order valence-electron chi connectivity index (χ1n) is 9.01. The van der Waals surface area contributed by atoms with E-state index in [0.29, 0.717) is 12.8 Å². The number of nitrogens with two attached hydrogens (primary N) is 1. The number of nitrogens with one attached hydrogen (secondary N) is 2. The molecule has 0 aromatic heterocycles. The molecule has 2 amide bonds. The molecule has 0 aliphatic heterocycles. The van der Waals surface area contributed by atoms with Crippen molar-refractivity contribution >= 4 is 24.2 Å². The lowest BCUT2D eigenvalue weighted by Gasteiger charge is -2.30. The molecule has 0 saturated heterocycles. The Bertz CT molecular complexity index is 644. The molecule has 0 heterocycles. The fraction of sp³-hybridized carbons (Fsp3) is 0.579. The number of amides is 2. The van der Waals surface area contributed by atoms with Gasteiger partial charge in [-0.05, 0) is 30.9 Å². The highest BCUT2D eigenvalue weighted by Crippen LogP contribution is 2.42. The largest absolute Gasteiger partial charge is 0.354 e. The normalized spacial score (nSPS) is 16.5. The van der Waals surface area contributed by atoms with E-state index in [0.717, 1.165) is 12.8 Å². The summed E-state index contributed by atoms with van der Waals surface area (Å²) in [5, 5.41) is 5.20.